The molecule has 1 fully saturated rings. The van der Waals surface area contributed by atoms with Gasteiger partial charge in [0.1, 0.15) is 5.69 Å². The fourth-order valence-corrected chi connectivity index (χ4v) is 6.37. The van der Waals surface area contributed by atoms with E-state index in [1.807, 2.05) is 24.5 Å². The summed E-state index contributed by atoms with van der Waals surface area (Å²) < 4.78 is 2.23. The second kappa shape index (κ2) is 12.3. The normalized spacial score (nSPS) is 14.6. The molecule has 4 heteroatoms. The van der Waals surface area contributed by atoms with Gasteiger partial charge in [0, 0.05) is 47.4 Å². The van der Waals surface area contributed by atoms with Gasteiger partial charge in [-0.05, 0) is 47.7 Å². The number of carbonyl (C=O) groups is 1. The monoisotopic (exact) mass is 527 g/mol. The summed E-state index contributed by atoms with van der Waals surface area (Å²) in [5.41, 5.74) is 6.40. The van der Waals surface area contributed by atoms with E-state index in [9.17, 15) is 4.79 Å². The van der Waals surface area contributed by atoms with Crippen LogP contribution in [0, 0.1) is 0 Å². The van der Waals surface area contributed by atoms with E-state index in [4.69, 9.17) is 0 Å². The Morgan fingerprint density at radius 2 is 1.32 bits per heavy atom. The number of hydrogen-bond donors (Lipinski definition) is 1. The number of aromatic nitrogens is 2. The van der Waals surface area contributed by atoms with E-state index >= 15 is 0 Å². The summed E-state index contributed by atoms with van der Waals surface area (Å²) in [6.07, 6.45) is 11.9. The topological polar surface area (TPSA) is 46.9 Å². The molecule has 1 N–H and O–H groups in total. The molecular weight excluding hydrogens is 490 g/mol. The zero-order chi connectivity index (χ0) is 27.1. The van der Waals surface area contributed by atoms with E-state index in [1.165, 1.54) is 43.2 Å². The van der Waals surface area contributed by atoms with Gasteiger partial charge < -0.3 is 9.88 Å². The number of hydrogen-bond acceptors (Lipinski definition) is 2. The van der Waals surface area contributed by atoms with Gasteiger partial charge >= 0.3 is 0 Å². The van der Waals surface area contributed by atoms with Gasteiger partial charge in [0.15, 0.2) is 0 Å². The molecule has 40 heavy (non-hydrogen) atoms. The van der Waals surface area contributed by atoms with Crippen LogP contribution in [0.25, 0.3) is 10.9 Å². The van der Waals surface area contributed by atoms with Crippen LogP contribution in [0.15, 0.2) is 109 Å². The quantitative estimate of drug-likeness (QED) is 0.232. The number of benzene rings is 3. The molecule has 1 aliphatic carbocycles. The minimum absolute atomic E-state index is 0.0303. The molecule has 5 aromatic rings. The SMILES string of the molecule is O=C(NC1CCCCCCC1)c1c(C(c2ccccc2)c2ccccc2)c2ccccc2n1Cc1ccncc1. The van der Waals surface area contributed by atoms with Gasteiger partial charge in [-0.2, -0.15) is 0 Å². The van der Waals surface area contributed by atoms with E-state index < -0.39 is 0 Å². The summed E-state index contributed by atoms with van der Waals surface area (Å²) in [5, 5.41) is 4.64. The molecule has 0 atom stereocenters. The Morgan fingerprint density at radius 1 is 0.750 bits per heavy atom. The average Bonchev–Trinajstić information content (AvgIpc) is 3.30. The molecular formula is C36H37N3O. The van der Waals surface area contributed by atoms with E-state index in [2.05, 4.69) is 99.8 Å². The van der Waals surface area contributed by atoms with Crippen molar-refractivity contribution in [2.45, 2.75) is 63.5 Å². The van der Waals surface area contributed by atoms with Gasteiger partial charge in [-0.25, -0.2) is 0 Å². The predicted molar refractivity (Wildman–Crippen MR) is 163 cm³/mol. The molecule has 3 aromatic carbocycles. The lowest BCUT2D eigenvalue weighted by Gasteiger charge is -2.24. The fraction of sp³-hybridized carbons (Fsp3) is 0.278. The molecule has 0 radical (unpaired) electrons. The maximum Gasteiger partial charge on any atom is 0.268 e. The highest BCUT2D eigenvalue weighted by molar-refractivity contribution is 6.03. The third-order valence-electron chi connectivity index (χ3n) is 8.31. The molecule has 1 aliphatic rings. The second-order valence-corrected chi connectivity index (χ2v) is 11.0. The summed E-state index contributed by atoms with van der Waals surface area (Å²) in [7, 11) is 0. The first-order chi connectivity index (χ1) is 19.8. The number of para-hydroxylation sites is 1. The molecule has 2 heterocycles. The molecule has 1 amide bonds. The Kier molecular flexibility index (Phi) is 8.04. The van der Waals surface area contributed by atoms with E-state index in [-0.39, 0.29) is 17.9 Å². The van der Waals surface area contributed by atoms with Gasteiger partial charge in [0.2, 0.25) is 0 Å². The number of amides is 1. The number of pyridine rings is 1. The first-order valence-corrected chi connectivity index (χ1v) is 14.7. The summed E-state index contributed by atoms with van der Waals surface area (Å²) in [6.45, 7) is 0.604. The molecule has 0 bridgehead atoms. The maximum atomic E-state index is 14.5. The highest BCUT2D eigenvalue weighted by Crippen LogP contribution is 2.40. The molecule has 6 rings (SSSR count). The van der Waals surface area contributed by atoms with E-state index in [1.54, 1.807) is 0 Å². The zero-order valence-electron chi connectivity index (χ0n) is 23.0. The molecule has 0 aliphatic heterocycles. The summed E-state index contributed by atoms with van der Waals surface area (Å²) >= 11 is 0. The van der Waals surface area contributed by atoms with Crippen molar-refractivity contribution in [3.63, 3.8) is 0 Å². The van der Waals surface area contributed by atoms with Crippen molar-refractivity contribution < 1.29 is 4.79 Å². The van der Waals surface area contributed by atoms with E-state index in [0.717, 1.165) is 40.6 Å². The lowest BCUT2D eigenvalue weighted by Crippen LogP contribution is -2.37. The van der Waals surface area contributed by atoms with Crippen LogP contribution in [0.1, 0.15) is 83.6 Å². The summed E-state index contributed by atoms with van der Waals surface area (Å²) in [4.78, 5) is 18.8. The van der Waals surface area contributed by atoms with Gasteiger partial charge in [-0.1, -0.05) is 111 Å². The van der Waals surface area contributed by atoms with Gasteiger partial charge in [-0.15, -0.1) is 0 Å². The predicted octanol–water partition coefficient (Wildman–Crippen LogP) is 8.11. The van der Waals surface area contributed by atoms with Crippen molar-refractivity contribution in [2.75, 3.05) is 0 Å². The fourth-order valence-electron chi connectivity index (χ4n) is 6.37. The lowest BCUT2D eigenvalue weighted by molar-refractivity contribution is 0.0920. The first kappa shape index (κ1) is 26.1. The number of nitrogens with one attached hydrogen (secondary N) is 1. The number of carbonyl (C=O) groups excluding carboxylic acids is 1. The van der Waals surface area contributed by atoms with Crippen LogP contribution in [-0.2, 0) is 6.54 Å². The average molecular weight is 528 g/mol. The Bertz CT molecular complexity index is 1500. The van der Waals surface area contributed by atoms with Crippen molar-refractivity contribution in [3.05, 3.63) is 137 Å². The van der Waals surface area contributed by atoms with Crippen LogP contribution in [-0.4, -0.2) is 21.5 Å². The van der Waals surface area contributed by atoms with Crippen LogP contribution in [0.5, 0.6) is 0 Å². The zero-order valence-corrected chi connectivity index (χ0v) is 23.0. The van der Waals surface area contributed by atoms with Crippen molar-refractivity contribution in [1.82, 2.24) is 14.9 Å². The lowest BCUT2D eigenvalue weighted by atomic mass is 9.83. The number of rotatable bonds is 7. The van der Waals surface area contributed by atoms with Crippen LogP contribution < -0.4 is 5.32 Å². The third kappa shape index (κ3) is 5.58. The van der Waals surface area contributed by atoms with Crippen LogP contribution in [0.2, 0.25) is 0 Å². The molecule has 0 spiro atoms. The Morgan fingerprint density at radius 3 is 1.98 bits per heavy atom. The van der Waals surface area contributed by atoms with Crippen LogP contribution in [0.3, 0.4) is 0 Å². The number of fused-ring (bicyclic) bond motifs is 1. The van der Waals surface area contributed by atoms with Crippen molar-refractivity contribution in [2.24, 2.45) is 0 Å². The van der Waals surface area contributed by atoms with Crippen molar-refractivity contribution in [1.29, 1.82) is 0 Å². The standard InChI is InChI=1S/C36H37N3O/c40-36(38-30-18-10-2-1-3-11-19-30)35-34(33(28-14-6-4-7-15-28)29-16-8-5-9-17-29)31-20-12-13-21-32(31)39(35)26-27-22-24-37-25-23-27/h4-9,12-17,20-25,30,33H,1-3,10-11,18-19,26H2,(H,38,40). The third-order valence-corrected chi connectivity index (χ3v) is 8.31. The van der Waals surface area contributed by atoms with Crippen molar-refractivity contribution >= 4 is 16.8 Å². The molecule has 1 saturated carbocycles. The minimum atomic E-state index is -0.0796. The minimum Gasteiger partial charge on any atom is -0.348 e. The first-order valence-electron chi connectivity index (χ1n) is 14.7. The largest absolute Gasteiger partial charge is 0.348 e. The summed E-state index contributed by atoms with van der Waals surface area (Å²) in [5.74, 6) is -0.0493. The molecule has 4 nitrogen and oxygen atoms in total. The maximum absolute atomic E-state index is 14.5. The van der Waals surface area contributed by atoms with Crippen molar-refractivity contribution in [3.8, 4) is 0 Å². The Balaban J connectivity index is 1.56. The number of nitrogens with zero attached hydrogens (tertiary/aromatic N) is 2. The van der Waals surface area contributed by atoms with Crippen LogP contribution >= 0.6 is 0 Å². The molecule has 0 saturated heterocycles. The summed E-state index contributed by atoms with van der Waals surface area (Å²) in [6, 6.07) is 34.0. The molecule has 0 unspecified atom stereocenters. The highest BCUT2D eigenvalue weighted by Gasteiger charge is 2.31. The Labute approximate surface area is 237 Å². The molecule has 202 valence electrons. The van der Waals surface area contributed by atoms with E-state index in [0.29, 0.717) is 6.54 Å². The highest BCUT2D eigenvalue weighted by atomic mass is 16.2. The second-order valence-electron chi connectivity index (χ2n) is 11.0. The van der Waals surface area contributed by atoms with Gasteiger partial charge in [0.25, 0.3) is 5.91 Å². The smallest absolute Gasteiger partial charge is 0.268 e. The van der Waals surface area contributed by atoms with Crippen LogP contribution in [0.4, 0.5) is 0 Å². The van der Waals surface area contributed by atoms with Gasteiger partial charge in [0.05, 0.1) is 0 Å². The molecule has 2 aromatic heterocycles. The Hall–Kier alpha value is -4.18. The van der Waals surface area contributed by atoms with Gasteiger partial charge in [-0.3, -0.25) is 9.78 Å².